The summed E-state index contributed by atoms with van der Waals surface area (Å²) in [5, 5.41) is 0. The van der Waals surface area contributed by atoms with E-state index in [1.807, 2.05) is 0 Å². The molecular weight excluding hydrogens is 242 g/mol. The quantitative estimate of drug-likeness (QED) is 0.858. The summed E-state index contributed by atoms with van der Waals surface area (Å²) < 4.78 is 5.92. The normalized spacial score (nSPS) is 19.7. The van der Waals surface area contributed by atoms with Gasteiger partial charge < -0.3 is 10.5 Å². The number of thioether (sulfide) groups is 1. The van der Waals surface area contributed by atoms with Gasteiger partial charge in [0.15, 0.2) is 0 Å². The van der Waals surface area contributed by atoms with Crippen molar-refractivity contribution in [2.75, 3.05) is 24.7 Å². The van der Waals surface area contributed by atoms with Crippen LogP contribution in [0.4, 0.5) is 0 Å². The van der Waals surface area contributed by atoms with Crippen LogP contribution in [0.5, 0.6) is 5.75 Å². The molecule has 1 atom stereocenters. The Hall–Kier alpha value is -0.670. The predicted octanol–water partition coefficient (Wildman–Crippen LogP) is 3.10. The number of ether oxygens (including phenoxy) is 1. The van der Waals surface area contributed by atoms with E-state index in [9.17, 15) is 0 Å². The summed E-state index contributed by atoms with van der Waals surface area (Å²) in [6, 6.07) is 8.45. The molecule has 0 bridgehead atoms. The summed E-state index contributed by atoms with van der Waals surface area (Å²) in [6.07, 6.45) is 4.75. The lowest BCUT2D eigenvalue weighted by atomic mass is 10.1. The SMILES string of the molecule is NCCCc1cccc(OCC2CCCSC2)c1. The van der Waals surface area contributed by atoms with Gasteiger partial charge in [0, 0.05) is 5.92 Å². The fraction of sp³-hybridized carbons (Fsp3) is 0.600. The molecule has 1 aliphatic heterocycles. The van der Waals surface area contributed by atoms with Gasteiger partial charge in [0.1, 0.15) is 5.75 Å². The topological polar surface area (TPSA) is 35.2 Å². The Morgan fingerprint density at radius 1 is 1.39 bits per heavy atom. The maximum Gasteiger partial charge on any atom is 0.119 e. The molecule has 1 saturated heterocycles. The molecule has 1 heterocycles. The number of rotatable bonds is 6. The minimum Gasteiger partial charge on any atom is -0.493 e. The van der Waals surface area contributed by atoms with E-state index >= 15 is 0 Å². The molecular formula is C15H23NOS. The van der Waals surface area contributed by atoms with E-state index < -0.39 is 0 Å². The third-order valence-electron chi connectivity index (χ3n) is 3.31. The molecule has 1 aromatic rings. The Balaban J connectivity index is 1.80. The van der Waals surface area contributed by atoms with Crippen LogP contribution in [0.1, 0.15) is 24.8 Å². The molecule has 100 valence electrons. The summed E-state index contributed by atoms with van der Waals surface area (Å²) in [6.45, 7) is 1.62. The lowest BCUT2D eigenvalue weighted by molar-refractivity contribution is 0.252. The minimum absolute atomic E-state index is 0.733. The largest absolute Gasteiger partial charge is 0.493 e. The first-order chi connectivity index (χ1) is 8.88. The van der Waals surface area contributed by atoms with Gasteiger partial charge in [-0.1, -0.05) is 12.1 Å². The van der Waals surface area contributed by atoms with Crippen molar-refractivity contribution in [2.45, 2.75) is 25.7 Å². The molecule has 0 aliphatic carbocycles. The molecule has 2 rings (SSSR count). The van der Waals surface area contributed by atoms with Crippen LogP contribution in [-0.2, 0) is 6.42 Å². The summed E-state index contributed by atoms with van der Waals surface area (Å²) in [5.74, 6) is 4.33. The highest BCUT2D eigenvalue weighted by atomic mass is 32.2. The molecule has 2 N–H and O–H groups in total. The molecule has 0 spiro atoms. The van der Waals surface area contributed by atoms with E-state index in [0.29, 0.717) is 0 Å². The van der Waals surface area contributed by atoms with Gasteiger partial charge in [-0.15, -0.1) is 0 Å². The zero-order valence-corrected chi connectivity index (χ0v) is 11.8. The maximum atomic E-state index is 5.92. The molecule has 1 aromatic carbocycles. The first kappa shape index (κ1) is 13.8. The molecule has 3 heteroatoms. The molecule has 0 saturated carbocycles. The van der Waals surface area contributed by atoms with Crippen molar-refractivity contribution in [3.63, 3.8) is 0 Å². The second-order valence-electron chi connectivity index (χ2n) is 4.93. The lowest BCUT2D eigenvalue weighted by Crippen LogP contribution is -2.18. The van der Waals surface area contributed by atoms with Crippen LogP contribution in [-0.4, -0.2) is 24.7 Å². The van der Waals surface area contributed by atoms with Gasteiger partial charge in [-0.3, -0.25) is 0 Å². The molecule has 18 heavy (non-hydrogen) atoms. The van der Waals surface area contributed by atoms with Crippen molar-refractivity contribution in [1.29, 1.82) is 0 Å². The average Bonchev–Trinajstić information content (AvgIpc) is 2.44. The summed E-state index contributed by atoms with van der Waals surface area (Å²) in [7, 11) is 0. The Morgan fingerprint density at radius 2 is 2.33 bits per heavy atom. The van der Waals surface area contributed by atoms with E-state index in [4.69, 9.17) is 10.5 Å². The highest BCUT2D eigenvalue weighted by molar-refractivity contribution is 7.99. The zero-order chi connectivity index (χ0) is 12.6. The number of nitrogens with two attached hydrogens (primary N) is 1. The highest BCUT2D eigenvalue weighted by Crippen LogP contribution is 2.24. The monoisotopic (exact) mass is 265 g/mol. The Kier molecular flexibility index (Phi) is 5.88. The van der Waals surface area contributed by atoms with Crippen LogP contribution in [0.3, 0.4) is 0 Å². The van der Waals surface area contributed by atoms with Crippen LogP contribution >= 0.6 is 11.8 Å². The summed E-state index contributed by atoms with van der Waals surface area (Å²) in [5.41, 5.74) is 6.87. The van der Waals surface area contributed by atoms with Crippen molar-refractivity contribution in [3.8, 4) is 5.75 Å². The number of hydrogen-bond donors (Lipinski definition) is 1. The average molecular weight is 265 g/mol. The molecule has 0 radical (unpaired) electrons. The smallest absolute Gasteiger partial charge is 0.119 e. The van der Waals surface area contributed by atoms with Gasteiger partial charge >= 0.3 is 0 Å². The first-order valence-electron chi connectivity index (χ1n) is 6.88. The van der Waals surface area contributed by atoms with Gasteiger partial charge in [-0.05, 0) is 61.4 Å². The fourth-order valence-corrected chi connectivity index (χ4v) is 3.38. The van der Waals surface area contributed by atoms with Crippen molar-refractivity contribution < 1.29 is 4.74 Å². The Labute approximate surface area is 114 Å². The van der Waals surface area contributed by atoms with E-state index in [0.717, 1.165) is 37.7 Å². The van der Waals surface area contributed by atoms with E-state index in [-0.39, 0.29) is 0 Å². The summed E-state index contributed by atoms with van der Waals surface area (Å²) in [4.78, 5) is 0. The number of aryl methyl sites for hydroxylation is 1. The second kappa shape index (κ2) is 7.70. The van der Waals surface area contributed by atoms with Gasteiger partial charge in [-0.25, -0.2) is 0 Å². The van der Waals surface area contributed by atoms with Crippen LogP contribution in [0.15, 0.2) is 24.3 Å². The van der Waals surface area contributed by atoms with Crippen molar-refractivity contribution in [1.82, 2.24) is 0 Å². The van der Waals surface area contributed by atoms with Crippen molar-refractivity contribution in [3.05, 3.63) is 29.8 Å². The van der Waals surface area contributed by atoms with Gasteiger partial charge in [0.2, 0.25) is 0 Å². The molecule has 1 fully saturated rings. The fourth-order valence-electron chi connectivity index (χ4n) is 2.25. The standard InChI is InChI=1S/C15H23NOS/c16-8-2-5-13-4-1-7-15(10-13)17-11-14-6-3-9-18-12-14/h1,4,7,10,14H,2-3,5-6,8-9,11-12,16H2. The second-order valence-corrected chi connectivity index (χ2v) is 6.08. The van der Waals surface area contributed by atoms with Gasteiger partial charge in [0.25, 0.3) is 0 Å². The van der Waals surface area contributed by atoms with Crippen LogP contribution in [0.2, 0.25) is 0 Å². The molecule has 0 amide bonds. The van der Waals surface area contributed by atoms with E-state index in [1.165, 1.54) is 29.9 Å². The first-order valence-corrected chi connectivity index (χ1v) is 8.03. The predicted molar refractivity (Wildman–Crippen MR) is 79.4 cm³/mol. The molecule has 2 nitrogen and oxygen atoms in total. The van der Waals surface area contributed by atoms with Gasteiger partial charge in [0.05, 0.1) is 6.61 Å². The third-order valence-corrected chi connectivity index (χ3v) is 4.59. The zero-order valence-electron chi connectivity index (χ0n) is 10.9. The van der Waals surface area contributed by atoms with Crippen LogP contribution in [0, 0.1) is 5.92 Å². The van der Waals surface area contributed by atoms with Crippen LogP contribution < -0.4 is 10.5 Å². The maximum absolute atomic E-state index is 5.92. The molecule has 1 unspecified atom stereocenters. The lowest BCUT2D eigenvalue weighted by Gasteiger charge is -2.21. The van der Waals surface area contributed by atoms with E-state index in [1.54, 1.807) is 0 Å². The van der Waals surface area contributed by atoms with E-state index in [2.05, 4.69) is 36.0 Å². The molecule has 1 aliphatic rings. The molecule has 0 aromatic heterocycles. The van der Waals surface area contributed by atoms with Crippen molar-refractivity contribution in [2.24, 2.45) is 11.7 Å². The van der Waals surface area contributed by atoms with Crippen molar-refractivity contribution >= 4 is 11.8 Å². The summed E-state index contributed by atoms with van der Waals surface area (Å²) >= 11 is 2.06. The Bertz CT molecular complexity index is 350. The number of hydrogen-bond acceptors (Lipinski definition) is 3. The third kappa shape index (κ3) is 4.54. The highest BCUT2D eigenvalue weighted by Gasteiger charge is 2.14. The Morgan fingerprint density at radius 3 is 3.11 bits per heavy atom. The van der Waals surface area contributed by atoms with Crippen LogP contribution in [0.25, 0.3) is 0 Å². The van der Waals surface area contributed by atoms with Gasteiger partial charge in [-0.2, -0.15) is 11.8 Å². The minimum atomic E-state index is 0.733. The number of benzene rings is 1.